The fourth-order valence-electron chi connectivity index (χ4n) is 3.22. The first kappa shape index (κ1) is 22.5. The Morgan fingerprint density at radius 2 is 1.31 bits per heavy atom. The molecule has 1 rings (SSSR count). The van der Waals surface area contributed by atoms with Crippen LogP contribution in [0.1, 0.15) is 102 Å². The van der Waals surface area contributed by atoms with Crippen LogP contribution < -0.4 is 4.74 Å². The minimum Gasteiger partial charge on any atom is -0.507 e. The van der Waals surface area contributed by atoms with Gasteiger partial charge in [0.15, 0.2) is 0 Å². The third kappa shape index (κ3) is 11.2. The molecule has 3 nitrogen and oxygen atoms in total. The first-order valence-electron chi connectivity index (χ1n) is 10.7. The van der Waals surface area contributed by atoms with E-state index in [4.69, 9.17) is 10.1 Å². The number of phenolic OH excluding ortho intramolecular Hbond substituents is 1. The van der Waals surface area contributed by atoms with Gasteiger partial charge in [-0.2, -0.15) is 0 Å². The molecule has 2 N–H and O–H groups in total. The van der Waals surface area contributed by atoms with Crippen LogP contribution in [0.5, 0.6) is 11.5 Å². The van der Waals surface area contributed by atoms with Gasteiger partial charge < -0.3 is 15.3 Å². The zero-order chi connectivity index (χ0) is 18.9. The molecule has 0 aliphatic carbocycles. The van der Waals surface area contributed by atoms with Gasteiger partial charge in [0.1, 0.15) is 11.5 Å². The van der Waals surface area contributed by atoms with Crippen molar-refractivity contribution in [1.29, 1.82) is 5.41 Å². The first-order chi connectivity index (χ1) is 12.8. The van der Waals surface area contributed by atoms with Gasteiger partial charge in [0.05, 0.1) is 6.61 Å². The second-order valence-corrected chi connectivity index (χ2v) is 7.31. The van der Waals surface area contributed by atoms with Crippen molar-refractivity contribution < 1.29 is 9.84 Å². The maximum absolute atomic E-state index is 9.69. The van der Waals surface area contributed by atoms with Crippen molar-refractivity contribution in [3.05, 3.63) is 23.8 Å². The van der Waals surface area contributed by atoms with Crippen molar-refractivity contribution in [1.82, 2.24) is 0 Å². The smallest absolute Gasteiger partial charge is 0.128 e. The molecule has 0 spiro atoms. The average molecular weight is 362 g/mol. The van der Waals surface area contributed by atoms with Crippen LogP contribution in [-0.2, 0) is 0 Å². The lowest BCUT2D eigenvalue weighted by Crippen LogP contribution is -1.97. The molecule has 0 radical (unpaired) electrons. The Hall–Kier alpha value is -1.51. The summed E-state index contributed by atoms with van der Waals surface area (Å²) in [6.45, 7) is 2.97. The van der Waals surface area contributed by atoms with Crippen molar-refractivity contribution in [2.24, 2.45) is 0 Å². The Labute approximate surface area is 160 Å². The largest absolute Gasteiger partial charge is 0.507 e. The lowest BCUT2D eigenvalue weighted by molar-refractivity contribution is 0.302. The zero-order valence-corrected chi connectivity index (χ0v) is 16.8. The number of rotatable bonds is 17. The summed E-state index contributed by atoms with van der Waals surface area (Å²) >= 11 is 0. The molecule has 0 atom stereocenters. The topological polar surface area (TPSA) is 53.3 Å². The molecule has 0 heterocycles. The number of aromatic hydroxyl groups is 1. The molecule has 0 bridgehead atoms. The zero-order valence-electron chi connectivity index (χ0n) is 16.8. The molecule has 0 saturated carbocycles. The van der Waals surface area contributed by atoms with Gasteiger partial charge in [-0.25, -0.2) is 0 Å². The third-order valence-corrected chi connectivity index (χ3v) is 4.92. The summed E-state index contributed by atoms with van der Waals surface area (Å²) in [5.74, 6) is 0.793. The number of nitrogens with one attached hydrogen (secondary N) is 1. The minimum atomic E-state index is 0.110. The van der Waals surface area contributed by atoms with Crippen molar-refractivity contribution >= 4 is 6.21 Å². The summed E-state index contributed by atoms with van der Waals surface area (Å²) in [5, 5.41) is 16.8. The average Bonchev–Trinajstić information content (AvgIpc) is 2.65. The van der Waals surface area contributed by atoms with E-state index in [1.165, 1.54) is 83.5 Å². The number of ether oxygens (including phenoxy) is 1. The predicted octanol–water partition coefficient (Wildman–Crippen LogP) is 7.25. The standard InChI is InChI=1S/C23H39NO2/c1-2-3-4-5-6-7-8-9-10-11-12-13-14-15-18-26-22-17-16-21(20-24)23(25)19-22/h16-17,19-20,24-25H,2-15,18H2,1H3. The van der Waals surface area contributed by atoms with Gasteiger partial charge in [0.25, 0.3) is 0 Å². The molecule has 1 aromatic carbocycles. The summed E-state index contributed by atoms with van der Waals surface area (Å²) in [6, 6.07) is 5.11. The molecule has 0 fully saturated rings. The summed E-state index contributed by atoms with van der Waals surface area (Å²) in [5.41, 5.74) is 0.522. The van der Waals surface area contributed by atoms with E-state index in [2.05, 4.69) is 6.92 Å². The maximum Gasteiger partial charge on any atom is 0.128 e. The first-order valence-corrected chi connectivity index (χ1v) is 10.7. The minimum absolute atomic E-state index is 0.110. The molecule has 3 heteroatoms. The second kappa shape index (κ2) is 15.7. The number of phenols is 1. The molecule has 0 aliphatic rings. The quantitative estimate of drug-likeness (QED) is 0.227. The van der Waals surface area contributed by atoms with E-state index in [-0.39, 0.29) is 5.75 Å². The Kier molecular flexibility index (Phi) is 13.6. The molecule has 148 valence electrons. The highest BCUT2D eigenvalue weighted by Gasteiger charge is 2.01. The number of unbranched alkanes of at least 4 members (excludes halogenated alkanes) is 13. The summed E-state index contributed by atoms with van der Waals surface area (Å²) in [4.78, 5) is 0. The van der Waals surface area contributed by atoms with Crippen molar-refractivity contribution in [2.75, 3.05) is 6.61 Å². The van der Waals surface area contributed by atoms with Crippen LogP contribution in [-0.4, -0.2) is 17.9 Å². The van der Waals surface area contributed by atoms with Crippen molar-refractivity contribution in [2.45, 2.75) is 96.8 Å². The third-order valence-electron chi connectivity index (χ3n) is 4.92. The summed E-state index contributed by atoms with van der Waals surface area (Å²) in [6.07, 6.45) is 20.1. The Morgan fingerprint density at radius 1 is 0.808 bits per heavy atom. The Bertz CT molecular complexity index is 473. The summed E-state index contributed by atoms with van der Waals surface area (Å²) < 4.78 is 5.66. The molecule has 26 heavy (non-hydrogen) atoms. The van der Waals surface area contributed by atoms with Crippen LogP contribution in [0, 0.1) is 5.41 Å². The fraction of sp³-hybridized carbons (Fsp3) is 0.696. The summed E-state index contributed by atoms with van der Waals surface area (Å²) in [7, 11) is 0. The molecule has 1 aromatic rings. The second-order valence-electron chi connectivity index (χ2n) is 7.31. The van der Waals surface area contributed by atoms with Crippen LogP contribution in [0.4, 0.5) is 0 Å². The lowest BCUT2D eigenvalue weighted by atomic mass is 10.0. The molecular formula is C23H39NO2. The van der Waals surface area contributed by atoms with Crippen LogP contribution in [0.25, 0.3) is 0 Å². The molecule has 0 aromatic heterocycles. The normalized spacial score (nSPS) is 10.8. The van der Waals surface area contributed by atoms with E-state index in [1.54, 1.807) is 12.1 Å². The monoisotopic (exact) mass is 361 g/mol. The van der Waals surface area contributed by atoms with E-state index in [1.807, 2.05) is 6.07 Å². The highest BCUT2D eigenvalue weighted by Crippen LogP contribution is 2.22. The van der Waals surface area contributed by atoms with Gasteiger partial charge in [-0.15, -0.1) is 0 Å². The SMILES string of the molecule is CCCCCCCCCCCCCCCCOc1ccc(C=N)c(O)c1. The van der Waals surface area contributed by atoms with Gasteiger partial charge >= 0.3 is 0 Å². The van der Waals surface area contributed by atoms with Crippen molar-refractivity contribution in [3.63, 3.8) is 0 Å². The highest BCUT2D eigenvalue weighted by atomic mass is 16.5. The Morgan fingerprint density at radius 3 is 1.77 bits per heavy atom. The van der Waals surface area contributed by atoms with Crippen LogP contribution in [0.3, 0.4) is 0 Å². The van der Waals surface area contributed by atoms with Crippen molar-refractivity contribution in [3.8, 4) is 11.5 Å². The van der Waals surface area contributed by atoms with Crippen LogP contribution >= 0.6 is 0 Å². The molecular weight excluding hydrogens is 322 g/mol. The van der Waals surface area contributed by atoms with E-state index in [0.717, 1.165) is 12.6 Å². The van der Waals surface area contributed by atoms with Gasteiger partial charge in [-0.1, -0.05) is 90.4 Å². The fourth-order valence-corrected chi connectivity index (χ4v) is 3.22. The number of hydrogen-bond acceptors (Lipinski definition) is 3. The highest BCUT2D eigenvalue weighted by molar-refractivity contribution is 5.81. The molecule has 0 unspecified atom stereocenters. The molecule has 0 saturated heterocycles. The maximum atomic E-state index is 9.69. The van der Waals surface area contributed by atoms with E-state index < -0.39 is 0 Å². The van der Waals surface area contributed by atoms with E-state index >= 15 is 0 Å². The van der Waals surface area contributed by atoms with E-state index in [0.29, 0.717) is 17.9 Å². The van der Waals surface area contributed by atoms with Crippen LogP contribution in [0.15, 0.2) is 18.2 Å². The number of benzene rings is 1. The van der Waals surface area contributed by atoms with E-state index in [9.17, 15) is 5.11 Å². The lowest BCUT2D eigenvalue weighted by Gasteiger charge is -2.07. The van der Waals surface area contributed by atoms with Gasteiger partial charge in [-0.3, -0.25) is 0 Å². The predicted molar refractivity (Wildman–Crippen MR) is 112 cm³/mol. The molecule has 0 amide bonds. The van der Waals surface area contributed by atoms with Crippen LogP contribution in [0.2, 0.25) is 0 Å². The number of hydrogen-bond donors (Lipinski definition) is 2. The van der Waals surface area contributed by atoms with Gasteiger partial charge in [0.2, 0.25) is 0 Å². The van der Waals surface area contributed by atoms with Gasteiger partial charge in [-0.05, 0) is 18.6 Å². The van der Waals surface area contributed by atoms with Gasteiger partial charge in [0, 0.05) is 17.8 Å². The molecule has 0 aliphatic heterocycles. The Balaban J connectivity index is 1.85.